The lowest BCUT2D eigenvalue weighted by atomic mass is 9.97. The topological polar surface area (TPSA) is 42.4 Å². The summed E-state index contributed by atoms with van der Waals surface area (Å²) in [4.78, 5) is 16.5. The zero-order valence-electron chi connectivity index (χ0n) is 10.2. The second kappa shape index (κ2) is 5.36. The van der Waals surface area contributed by atoms with Gasteiger partial charge in [0.25, 0.3) is 0 Å². The Labute approximate surface area is 112 Å². The van der Waals surface area contributed by atoms with Gasteiger partial charge in [0.05, 0.1) is 13.0 Å². The Morgan fingerprint density at radius 1 is 1.58 bits per heavy atom. The summed E-state index contributed by atoms with van der Waals surface area (Å²) in [6, 6.07) is 0. The molecule has 0 spiro atoms. The van der Waals surface area contributed by atoms with E-state index in [0.29, 0.717) is 31.2 Å². The van der Waals surface area contributed by atoms with E-state index < -0.39 is 11.9 Å². The highest BCUT2D eigenvalue weighted by molar-refractivity contribution is 7.13. The summed E-state index contributed by atoms with van der Waals surface area (Å²) in [5.41, 5.74) is -0.860. The van der Waals surface area contributed by atoms with Crippen LogP contribution in [-0.4, -0.2) is 30.6 Å². The lowest BCUT2D eigenvalue weighted by Gasteiger charge is -2.38. The Kier molecular flexibility index (Phi) is 3.98. The molecule has 2 rings (SSSR count). The largest absolute Gasteiger partial charge is 0.466 e. The molecule has 1 aromatic heterocycles. The molecule has 0 unspecified atom stereocenters. The molecule has 1 fully saturated rings. The molecule has 19 heavy (non-hydrogen) atoms. The summed E-state index contributed by atoms with van der Waals surface area (Å²) in [6.07, 6.45) is -4.09. The van der Waals surface area contributed by atoms with Crippen LogP contribution in [0.2, 0.25) is 0 Å². The van der Waals surface area contributed by atoms with Crippen LogP contribution >= 0.6 is 11.3 Å². The van der Waals surface area contributed by atoms with Gasteiger partial charge in [-0.05, 0) is 6.92 Å². The number of hydrogen-bond acceptors (Lipinski definition) is 5. The fraction of sp³-hybridized carbons (Fsp3) is 0.636. The van der Waals surface area contributed by atoms with E-state index >= 15 is 0 Å². The molecule has 8 heteroatoms. The first-order chi connectivity index (χ1) is 8.90. The molecule has 0 aromatic carbocycles. The molecule has 0 amide bonds. The highest BCUT2D eigenvalue weighted by atomic mass is 32.1. The van der Waals surface area contributed by atoms with Gasteiger partial charge in [0.1, 0.15) is 0 Å². The van der Waals surface area contributed by atoms with E-state index in [1.54, 1.807) is 11.8 Å². The number of nitrogens with zero attached hydrogens (tertiary/aromatic N) is 2. The summed E-state index contributed by atoms with van der Waals surface area (Å²) in [7, 11) is 0. The van der Waals surface area contributed by atoms with Gasteiger partial charge in [0.2, 0.25) is 0 Å². The van der Waals surface area contributed by atoms with Gasteiger partial charge >= 0.3 is 12.1 Å². The third-order valence-electron chi connectivity index (χ3n) is 2.77. The van der Waals surface area contributed by atoms with Crippen LogP contribution in [-0.2, 0) is 15.7 Å². The van der Waals surface area contributed by atoms with Crippen molar-refractivity contribution in [2.24, 2.45) is 5.92 Å². The maximum atomic E-state index is 12.4. The molecule has 1 aromatic rings. The summed E-state index contributed by atoms with van der Waals surface area (Å²) in [5.74, 6) is -0.125. The smallest absolute Gasteiger partial charge is 0.434 e. The SMILES string of the molecule is CCOC(=O)CC1CN(c2nc(C(F)(F)F)cs2)C1. The molecule has 0 atom stereocenters. The van der Waals surface area contributed by atoms with Crippen molar-refractivity contribution in [3.8, 4) is 0 Å². The van der Waals surface area contributed by atoms with Crippen molar-refractivity contribution < 1.29 is 22.7 Å². The molecule has 0 radical (unpaired) electrons. The Bertz CT molecular complexity index is 455. The number of carbonyl (C=O) groups excluding carboxylic acids is 1. The van der Waals surface area contributed by atoms with E-state index in [-0.39, 0.29) is 11.9 Å². The van der Waals surface area contributed by atoms with Gasteiger partial charge < -0.3 is 9.64 Å². The van der Waals surface area contributed by atoms with Gasteiger partial charge in [0.15, 0.2) is 10.8 Å². The maximum Gasteiger partial charge on any atom is 0.434 e. The number of thiazole rings is 1. The molecule has 0 saturated carbocycles. The molecule has 1 aliphatic heterocycles. The van der Waals surface area contributed by atoms with E-state index in [1.165, 1.54) is 0 Å². The zero-order chi connectivity index (χ0) is 14.0. The Morgan fingerprint density at radius 2 is 2.26 bits per heavy atom. The van der Waals surface area contributed by atoms with Gasteiger partial charge in [-0.3, -0.25) is 4.79 Å². The molecule has 4 nitrogen and oxygen atoms in total. The molecule has 1 aliphatic rings. The van der Waals surface area contributed by atoms with Crippen LogP contribution in [0.3, 0.4) is 0 Å². The van der Waals surface area contributed by atoms with Gasteiger partial charge in [-0.25, -0.2) is 4.98 Å². The molecular formula is C11H13F3N2O2S. The van der Waals surface area contributed by atoms with Gasteiger partial charge in [-0.2, -0.15) is 13.2 Å². The minimum atomic E-state index is -4.40. The predicted molar refractivity (Wildman–Crippen MR) is 64.1 cm³/mol. The fourth-order valence-corrected chi connectivity index (χ4v) is 2.70. The summed E-state index contributed by atoms with van der Waals surface area (Å²) >= 11 is 0.970. The molecule has 0 bridgehead atoms. The van der Waals surface area contributed by atoms with Gasteiger partial charge in [-0.15, -0.1) is 11.3 Å². The second-order valence-corrected chi connectivity index (χ2v) is 5.13. The Balaban J connectivity index is 1.84. The number of esters is 1. The first-order valence-corrected chi connectivity index (χ1v) is 6.71. The Hall–Kier alpha value is -1.31. The van der Waals surface area contributed by atoms with Crippen LogP contribution in [0.25, 0.3) is 0 Å². The normalized spacial score (nSPS) is 16.3. The average Bonchev–Trinajstić information content (AvgIpc) is 2.71. The van der Waals surface area contributed by atoms with Crippen molar-refractivity contribution in [1.82, 2.24) is 4.98 Å². The molecular weight excluding hydrogens is 281 g/mol. The number of carbonyl (C=O) groups is 1. The van der Waals surface area contributed by atoms with Crippen molar-refractivity contribution in [3.05, 3.63) is 11.1 Å². The van der Waals surface area contributed by atoms with Gasteiger partial charge in [0, 0.05) is 24.4 Å². The number of rotatable bonds is 4. The van der Waals surface area contributed by atoms with Crippen molar-refractivity contribution >= 4 is 22.4 Å². The van der Waals surface area contributed by atoms with Crippen LogP contribution in [0.1, 0.15) is 19.0 Å². The third kappa shape index (κ3) is 3.37. The monoisotopic (exact) mass is 294 g/mol. The summed E-state index contributed by atoms with van der Waals surface area (Å²) < 4.78 is 42.0. The number of ether oxygens (including phenoxy) is 1. The molecule has 0 N–H and O–H groups in total. The Morgan fingerprint density at radius 3 is 2.79 bits per heavy atom. The summed E-state index contributed by atoms with van der Waals surface area (Å²) in [5, 5.41) is 1.36. The van der Waals surface area contributed by atoms with E-state index in [0.717, 1.165) is 16.7 Å². The van der Waals surface area contributed by atoms with Crippen LogP contribution in [0.5, 0.6) is 0 Å². The minimum absolute atomic E-state index is 0.136. The van der Waals surface area contributed by atoms with Crippen LogP contribution in [0.15, 0.2) is 5.38 Å². The van der Waals surface area contributed by atoms with Crippen molar-refractivity contribution in [3.63, 3.8) is 0 Å². The molecule has 1 saturated heterocycles. The average molecular weight is 294 g/mol. The van der Waals surface area contributed by atoms with E-state index in [9.17, 15) is 18.0 Å². The third-order valence-corrected chi connectivity index (χ3v) is 3.67. The first-order valence-electron chi connectivity index (χ1n) is 5.83. The van der Waals surface area contributed by atoms with Crippen LogP contribution in [0, 0.1) is 5.92 Å². The number of alkyl halides is 3. The maximum absolute atomic E-state index is 12.4. The van der Waals surface area contributed by atoms with Crippen LogP contribution in [0.4, 0.5) is 18.3 Å². The highest BCUT2D eigenvalue weighted by Gasteiger charge is 2.36. The quantitative estimate of drug-likeness (QED) is 0.800. The van der Waals surface area contributed by atoms with Crippen molar-refractivity contribution in [1.29, 1.82) is 0 Å². The van der Waals surface area contributed by atoms with Crippen molar-refractivity contribution in [2.45, 2.75) is 19.5 Å². The highest BCUT2D eigenvalue weighted by Crippen LogP contribution is 2.35. The lowest BCUT2D eigenvalue weighted by molar-refractivity contribution is -0.144. The number of aromatic nitrogens is 1. The summed E-state index contributed by atoms with van der Waals surface area (Å²) in [6.45, 7) is 3.17. The van der Waals surface area contributed by atoms with Crippen LogP contribution < -0.4 is 4.90 Å². The predicted octanol–water partition coefficient (Wildman–Crippen LogP) is 2.55. The van der Waals surface area contributed by atoms with E-state index in [4.69, 9.17) is 4.74 Å². The van der Waals surface area contributed by atoms with Crippen molar-refractivity contribution in [2.75, 3.05) is 24.6 Å². The number of hydrogen-bond donors (Lipinski definition) is 0. The minimum Gasteiger partial charge on any atom is -0.466 e. The first kappa shape index (κ1) is 14.1. The van der Waals surface area contributed by atoms with Gasteiger partial charge in [-0.1, -0.05) is 0 Å². The number of anilines is 1. The number of halogens is 3. The lowest BCUT2D eigenvalue weighted by Crippen LogP contribution is -2.47. The standard InChI is InChI=1S/C11H13F3N2O2S/c1-2-18-9(17)3-7-4-16(5-7)10-15-8(6-19-10)11(12,13)14/h6-7H,2-5H2,1H3. The molecule has 2 heterocycles. The second-order valence-electron chi connectivity index (χ2n) is 4.29. The zero-order valence-corrected chi connectivity index (χ0v) is 11.1. The van der Waals surface area contributed by atoms with E-state index in [1.807, 2.05) is 0 Å². The molecule has 0 aliphatic carbocycles. The van der Waals surface area contributed by atoms with E-state index in [2.05, 4.69) is 4.98 Å². The fourth-order valence-electron chi connectivity index (χ4n) is 1.85. The molecule has 106 valence electrons.